The van der Waals surface area contributed by atoms with Gasteiger partial charge in [-0.05, 0) is 31.7 Å². The van der Waals surface area contributed by atoms with Gasteiger partial charge in [0.1, 0.15) is 0 Å². The molecule has 1 aliphatic rings. The summed E-state index contributed by atoms with van der Waals surface area (Å²) in [6.07, 6.45) is 4.61. The molecule has 1 aliphatic carbocycles. The van der Waals surface area contributed by atoms with Gasteiger partial charge in [0.2, 0.25) is 0 Å². The quantitative estimate of drug-likeness (QED) is 0.724. The molecule has 1 saturated carbocycles. The van der Waals surface area contributed by atoms with Gasteiger partial charge in [0, 0.05) is 12.2 Å². The molecule has 0 radical (unpaired) electrons. The molecule has 66 valence electrons. The predicted molar refractivity (Wildman–Crippen MR) is 47.7 cm³/mol. The highest BCUT2D eigenvalue weighted by atomic mass is 15.3. The van der Waals surface area contributed by atoms with Crippen LogP contribution in [0.3, 0.4) is 0 Å². The number of nitrogens with zero attached hydrogens (tertiary/aromatic N) is 2. The Balaban J connectivity index is 1.93. The van der Waals surface area contributed by atoms with Gasteiger partial charge in [0.25, 0.3) is 0 Å². The van der Waals surface area contributed by atoms with E-state index in [2.05, 4.69) is 5.10 Å². The lowest BCUT2D eigenvalue weighted by Gasteiger charge is -2.09. The van der Waals surface area contributed by atoms with Crippen LogP contribution in [0.5, 0.6) is 0 Å². The average Bonchev–Trinajstić information content (AvgIpc) is 2.78. The third-order valence-corrected chi connectivity index (χ3v) is 2.40. The highest BCUT2D eigenvalue weighted by Gasteiger charge is 2.28. The lowest BCUT2D eigenvalue weighted by molar-refractivity contribution is 0.469. The zero-order valence-electron chi connectivity index (χ0n) is 7.40. The molecule has 3 heteroatoms. The van der Waals surface area contributed by atoms with Crippen molar-refractivity contribution in [3.63, 3.8) is 0 Å². The maximum Gasteiger partial charge on any atom is 0.0593 e. The van der Waals surface area contributed by atoms with Gasteiger partial charge in [0.05, 0.1) is 12.2 Å². The van der Waals surface area contributed by atoms with Crippen molar-refractivity contribution < 1.29 is 0 Å². The zero-order chi connectivity index (χ0) is 8.55. The monoisotopic (exact) mass is 165 g/mol. The van der Waals surface area contributed by atoms with E-state index in [1.165, 1.54) is 12.8 Å². The van der Waals surface area contributed by atoms with Gasteiger partial charge in [-0.1, -0.05) is 0 Å². The minimum atomic E-state index is 0.310. The molecular formula is C9H15N3. The first kappa shape index (κ1) is 7.80. The van der Waals surface area contributed by atoms with Crippen LogP contribution in [0.15, 0.2) is 12.3 Å². The molecular weight excluding hydrogens is 150 g/mol. The molecule has 1 fully saturated rings. The van der Waals surface area contributed by atoms with Gasteiger partial charge in [0.15, 0.2) is 0 Å². The van der Waals surface area contributed by atoms with Gasteiger partial charge in [-0.25, -0.2) is 0 Å². The van der Waals surface area contributed by atoms with Crippen molar-refractivity contribution >= 4 is 0 Å². The van der Waals surface area contributed by atoms with E-state index < -0.39 is 0 Å². The molecule has 1 aromatic rings. The molecule has 12 heavy (non-hydrogen) atoms. The number of hydrogen-bond acceptors (Lipinski definition) is 2. The molecule has 1 unspecified atom stereocenters. The van der Waals surface area contributed by atoms with Crippen LogP contribution in [0.25, 0.3) is 0 Å². The fourth-order valence-corrected chi connectivity index (χ4v) is 1.45. The summed E-state index contributed by atoms with van der Waals surface area (Å²) in [5.74, 6) is 0.759. The fourth-order valence-electron chi connectivity index (χ4n) is 1.45. The van der Waals surface area contributed by atoms with Crippen LogP contribution in [-0.4, -0.2) is 15.8 Å². The minimum Gasteiger partial charge on any atom is -0.326 e. The van der Waals surface area contributed by atoms with Gasteiger partial charge in [-0.2, -0.15) is 5.10 Å². The summed E-state index contributed by atoms with van der Waals surface area (Å²) in [5, 5.41) is 4.30. The van der Waals surface area contributed by atoms with Crippen molar-refractivity contribution in [3.8, 4) is 0 Å². The highest BCUT2D eigenvalue weighted by molar-refractivity contribution is 4.95. The van der Waals surface area contributed by atoms with Gasteiger partial charge < -0.3 is 5.73 Å². The summed E-state index contributed by atoms with van der Waals surface area (Å²) in [5.41, 5.74) is 7.03. The van der Waals surface area contributed by atoms with E-state index in [0.29, 0.717) is 6.04 Å². The van der Waals surface area contributed by atoms with Crippen molar-refractivity contribution in [2.24, 2.45) is 11.7 Å². The van der Waals surface area contributed by atoms with Crippen molar-refractivity contribution in [2.75, 3.05) is 0 Å². The molecule has 0 spiro atoms. The summed E-state index contributed by atoms with van der Waals surface area (Å²) < 4.78 is 1.94. The molecule has 0 bridgehead atoms. The van der Waals surface area contributed by atoms with Crippen LogP contribution in [0.4, 0.5) is 0 Å². The van der Waals surface area contributed by atoms with E-state index in [9.17, 15) is 0 Å². The fraction of sp³-hybridized carbons (Fsp3) is 0.667. The van der Waals surface area contributed by atoms with Crippen LogP contribution < -0.4 is 5.73 Å². The molecule has 1 aromatic heterocycles. The molecule has 2 rings (SSSR count). The summed E-state index contributed by atoms with van der Waals surface area (Å²) >= 11 is 0. The number of rotatable bonds is 3. The number of nitrogens with two attached hydrogens (primary N) is 1. The molecule has 0 amide bonds. The normalized spacial score (nSPS) is 19.5. The number of aryl methyl sites for hydroxylation is 1. The first-order valence-electron chi connectivity index (χ1n) is 4.51. The Hall–Kier alpha value is -0.830. The maximum atomic E-state index is 5.96. The molecule has 2 N–H and O–H groups in total. The minimum absolute atomic E-state index is 0.310. The van der Waals surface area contributed by atoms with E-state index >= 15 is 0 Å². The van der Waals surface area contributed by atoms with Crippen LogP contribution in [-0.2, 0) is 6.54 Å². The third kappa shape index (κ3) is 1.67. The molecule has 1 heterocycles. The Bertz CT molecular complexity index is 262. The second-order valence-corrected chi connectivity index (χ2v) is 3.68. The van der Waals surface area contributed by atoms with Crippen LogP contribution in [0, 0.1) is 12.8 Å². The topological polar surface area (TPSA) is 43.8 Å². The van der Waals surface area contributed by atoms with Gasteiger partial charge in [-0.15, -0.1) is 0 Å². The molecule has 0 aromatic carbocycles. The number of aromatic nitrogens is 2. The Labute approximate surface area is 72.6 Å². The standard InChI is InChI=1S/C9H15N3/c1-7-4-5-12(11-7)6-9(10)8-2-3-8/h4-5,8-9H,2-3,6,10H2,1H3. The third-order valence-electron chi connectivity index (χ3n) is 2.40. The van der Waals surface area contributed by atoms with Crippen LogP contribution in [0.2, 0.25) is 0 Å². The molecule has 1 atom stereocenters. The van der Waals surface area contributed by atoms with Crippen LogP contribution >= 0.6 is 0 Å². The second kappa shape index (κ2) is 2.90. The van der Waals surface area contributed by atoms with E-state index in [1.807, 2.05) is 23.9 Å². The summed E-state index contributed by atoms with van der Waals surface area (Å²) in [7, 11) is 0. The van der Waals surface area contributed by atoms with E-state index in [4.69, 9.17) is 5.73 Å². The Morgan fingerprint density at radius 3 is 3.00 bits per heavy atom. The SMILES string of the molecule is Cc1ccn(CC(N)C2CC2)n1. The van der Waals surface area contributed by atoms with E-state index in [-0.39, 0.29) is 0 Å². The summed E-state index contributed by atoms with van der Waals surface area (Å²) in [4.78, 5) is 0. The first-order chi connectivity index (χ1) is 5.75. The largest absolute Gasteiger partial charge is 0.326 e. The van der Waals surface area contributed by atoms with Crippen molar-refractivity contribution in [1.82, 2.24) is 9.78 Å². The smallest absolute Gasteiger partial charge is 0.0593 e. The van der Waals surface area contributed by atoms with E-state index in [0.717, 1.165) is 18.2 Å². The van der Waals surface area contributed by atoms with Crippen molar-refractivity contribution in [3.05, 3.63) is 18.0 Å². The summed E-state index contributed by atoms with van der Waals surface area (Å²) in [6, 6.07) is 2.32. The van der Waals surface area contributed by atoms with Gasteiger partial charge in [-0.3, -0.25) is 4.68 Å². The zero-order valence-corrected chi connectivity index (χ0v) is 7.40. The van der Waals surface area contributed by atoms with Crippen LogP contribution in [0.1, 0.15) is 18.5 Å². The first-order valence-corrected chi connectivity index (χ1v) is 4.51. The highest BCUT2D eigenvalue weighted by Crippen LogP contribution is 2.31. The molecule has 3 nitrogen and oxygen atoms in total. The molecule has 0 saturated heterocycles. The summed E-state index contributed by atoms with van der Waals surface area (Å²) in [6.45, 7) is 2.87. The lowest BCUT2D eigenvalue weighted by atomic mass is 10.2. The number of hydrogen-bond donors (Lipinski definition) is 1. The predicted octanol–water partition coefficient (Wildman–Crippen LogP) is 0.929. The van der Waals surface area contributed by atoms with Crippen molar-refractivity contribution in [2.45, 2.75) is 32.4 Å². The van der Waals surface area contributed by atoms with Crippen molar-refractivity contribution in [1.29, 1.82) is 0 Å². The maximum absolute atomic E-state index is 5.96. The Morgan fingerprint density at radius 1 is 1.75 bits per heavy atom. The second-order valence-electron chi connectivity index (χ2n) is 3.68. The lowest BCUT2D eigenvalue weighted by Crippen LogP contribution is -2.28. The average molecular weight is 165 g/mol. The van der Waals surface area contributed by atoms with E-state index in [1.54, 1.807) is 0 Å². The Kier molecular flexibility index (Phi) is 1.89. The Morgan fingerprint density at radius 2 is 2.50 bits per heavy atom. The molecule has 0 aliphatic heterocycles. The van der Waals surface area contributed by atoms with Gasteiger partial charge >= 0.3 is 0 Å².